The Morgan fingerprint density at radius 2 is 1.73 bits per heavy atom. The minimum absolute atomic E-state index is 0.00557. The van der Waals surface area contributed by atoms with Gasteiger partial charge in [0.15, 0.2) is 0 Å². The second-order valence-electron chi connectivity index (χ2n) is 12.1. The molecule has 9 nitrogen and oxygen atoms in total. The summed E-state index contributed by atoms with van der Waals surface area (Å²) in [5, 5.41) is 5.80. The Balaban J connectivity index is 2.63. The van der Waals surface area contributed by atoms with Crippen molar-refractivity contribution in [3.8, 4) is 12.3 Å². The zero-order chi connectivity index (χ0) is 30.1. The van der Waals surface area contributed by atoms with E-state index in [1.807, 2.05) is 20.8 Å². The number of benzene rings is 1. The van der Waals surface area contributed by atoms with Crippen LogP contribution in [-0.4, -0.2) is 51.9 Å². The van der Waals surface area contributed by atoms with Gasteiger partial charge in [0.1, 0.15) is 17.7 Å². The smallest absolute Gasteiger partial charge is 0.408 e. The molecule has 0 bridgehead atoms. The molecule has 2 unspecified atom stereocenters. The van der Waals surface area contributed by atoms with Crippen LogP contribution in [0.4, 0.5) is 4.79 Å². The van der Waals surface area contributed by atoms with E-state index in [1.54, 1.807) is 45.0 Å². The second-order valence-corrected chi connectivity index (χ2v) is 12.1. The third-order valence-electron chi connectivity index (χ3n) is 7.29. The Morgan fingerprint density at radius 1 is 1.10 bits per heavy atom. The van der Waals surface area contributed by atoms with Gasteiger partial charge in [-0.15, -0.1) is 6.42 Å². The lowest BCUT2D eigenvalue weighted by atomic mass is 9.89. The SMILES string of the molecule is C#Cc1ccccc1C(C(=O)NC1CCCCC1)N(C(=O)C(CCC(N)=O)NC(=O)OC(C)(C)C)C(C)(C)CC. The van der Waals surface area contributed by atoms with Crippen LogP contribution in [-0.2, 0) is 19.1 Å². The molecule has 0 saturated heterocycles. The molecule has 1 saturated carbocycles. The number of primary amides is 1. The number of hydrogen-bond donors (Lipinski definition) is 3. The van der Waals surface area contributed by atoms with Gasteiger partial charge in [-0.05, 0) is 71.9 Å². The Labute approximate surface area is 239 Å². The molecular weight excluding hydrogens is 508 g/mol. The number of carbonyl (C=O) groups is 4. The van der Waals surface area contributed by atoms with Crippen LogP contribution in [0, 0.1) is 12.3 Å². The molecule has 2 rings (SSSR count). The highest BCUT2D eigenvalue weighted by Gasteiger charge is 2.44. The number of ether oxygens (including phenoxy) is 1. The summed E-state index contributed by atoms with van der Waals surface area (Å²) >= 11 is 0. The molecule has 1 aromatic carbocycles. The molecule has 0 aliphatic heterocycles. The normalized spacial score (nSPS) is 15.7. The highest BCUT2D eigenvalue weighted by atomic mass is 16.6. The van der Waals surface area contributed by atoms with E-state index in [2.05, 4.69) is 16.6 Å². The highest BCUT2D eigenvalue weighted by molar-refractivity contribution is 5.93. The topological polar surface area (TPSA) is 131 Å². The molecule has 0 aromatic heterocycles. The second kappa shape index (κ2) is 14.2. The van der Waals surface area contributed by atoms with E-state index in [0.29, 0.717) is 17.5 Å². The van der Waals surface area contributed by atoms with Gasteiger partial charge >= 0.3 is 6.09 Å². The zero-order valence-corrected chi connectivity index (χ0v) is 24.8. The minimum atomic E-state index is -1.17. The van der Waals surface area contributed by atoms with Crippen LogP contribution in [0.1, 0.15) is 110 Å². The summed E-state index contributed by atoms with van der Waals surface area (Å²) in [5.41, 5.74) is 4.77. The Hall–Kier alpha value is -3.54. The van der Waals surface area contributed by atoms with Crippen molar-refractivity contribution in [2.24, 2.45) is 5.73 Å². The van der Waals surface area contributed by atoms with Gasteiger partial charge in [-0.3, -0.25) is 14.4 Å². The molecule has 0 spiro atoms. The van der Waals surface area contributed by atoms with Gasteiger partial charge in [0.25, 0.3) is 0 Å². The fourth-order valence-electron chi connectivity index (χ4n) is 4.90. The molecule has 4 N–H and O–H groups in total. The molecule has 0 heterocycles. The van der Waals surface area contributed by atoms with Crippen LogP contribution >= 0.6 is 0 Å². The summed E-state index contributed by atoms with van der Waals surface area (Å²) in [6, 6.07) is 4.81. The van der Waals surface area contributed by atoms with Gasteiger partial charge in [-0.25, -0.2) is 4.79 Å². The first-order valence-corrected chi connectivity index (χ1v) is 14.2. The van der Waals surface area contributed by atoms with Crippen LogP contribution in [0.2, 0.25) is 0 Å². The highest BCUT2D eigenvalue weighted by Crippen LogP contribution is 2.34. The number of rotatable bonds is 11. The van der Waals surface area contributed by atoms with E-state index in [4.69, 9.17) is 16.9 Å². The van der Waals surface area contributed by atoms with Crippen molar-refractivity contribution in [2.45, 2.75) is 122 Å². The molecule has 4 amide bonds. The fourth-order valence-corrected chi connectivity index (χ4v) is 4.90. The number of nitrogens with two attached hydrogens (primary N) is 1. The van der Waals surface area contributed by atoms with Crippen molar-refractivity contribution in [3.05, 3.63) is 35.4 Å². The van der Waals surface area contributed by atoms with E-state index in [1.165, 1.54) is 4.90 Å². The predicted octanol–water partition coefficient (Wildman–Crippen LogP) is 4.33. The van der Waals surface area contributed by atoms with Gasteiger partial charge in [0, 0.05) is 23.6 Å². The van der Waals surface area contributed by atoms with Gasteiger partial charge < -0.3 is 26.0 Å². The van der Waals surface area contributed by atoms with E-state index in [9.17, 15) is 19.2 Å². The van der Waals surface area contributed by atoms with Crippen molar-refractivity contribution in [3.63, 3.8) is 0 Å². The quantitative estimate of drug-likeness (QED) is 0.351. The number of amides is 4. The Morgan fingerprint density at radius 3 is 2.27 bits per heavy atom. The molecule has 0 radical (unpaired) electrons. The van der Waals surface area contributed by atoms with Crippen molar-refractivity contribution in [2.75, 3.05) is 0 Å². The van der Waals surface area contributed by atoms with Crippen molar-refractivity contribution in [1.82, 2.24) is 15.5 Å². The molecule has 40 heavy (non-hydrogen) atoms. The molecule has 9 heteroatoms. The molecule has 1 fully saturated rings. The number of nitrogens with one attached hydrogen (secondary N) is 2. The molecule has 1 aliphatic rings. The average molecular weight is 555 g/mol. The third kappa shape index (κ3) is 9.29. The number of alkyl carbamates (subject to hydrolysis) is 1. The Bertz CT molecular complexity index is 1100. The first-order chi connectivity index (χ1) is 18.7. The van der Waals surface area contributed by atoms with Crippen molar-refractivity contribution < 1.29 is 23.9 Å². The predicted molar refractivity (Wildman–Crippen MR) is 155 cm³/mol. The van der Waals surface area contributed by atoms with Crippen LogP contribution < -0.4 is 16.4 Å². The summed E-state index contributed by atoms with van der Waals surface area (Å²) in [7, 11) is 0. The molecular formula is C31H46N4O5. The van der Waals surface area contributed by atoms with Gasteiger partial charge in [-0.2, -0.15) is 0 Å². The maximum atomic E-state index is 14.4. The lowest BCUT2D eigenvalue weighted by molar-refractivity contribution is -0.150. The maximum Gasteiger partial charge on any atom is 0.408 e. The van der Waals surface area contributed by atoms with Gasteiger partial charge in [0.2, 0.25) is 17.7 Å². The van der Waals surface area contributed by atoms with E-state index in [-0.39, 0.29) is 24.8 Å². The first kappa shape index (κ1) is 32.7. The summed E-state index contributed by atoms with van der Waals surface area (Å²) < 4.78 is 5.40. The largest absolute Gasteiger partial charge is 0.444 e. The van der Waals surface area contributed by atoms with E-state index >= 15 is 0 Å². The minimum Gasteiger partial charge on any atom is -0.444 e. The van der Waals surface area contributed by atoms with Crippen LogP contribution in [0.3, 0.4) is 0 Å². The number of nitrogens with zero attached hydrogens (tertiary/aromatic N) is 1. The third-order valence-corrected chi connectivity index (χ3v) is 7.29. The number of terminal acetylenes is 1. The summed E-state index contributed by atoms with van der Waals surface area (Å²) in [6.45, 7) is 10.8. The molecule has 1 aromatic rings. The molecule has 1 aliphatic carbocycles. The first-order valence-electron chi connectivity index (χ1n) is 14.2. The molecule has 220 valence electrons. The van der Waals surface area contributed by atoms with E-state index < -0.39 is 41.1 Å². The standard InChI is InChI=1S/C31H46N4O5/c1-8-21-15-13-14-18-23(21)26(27(37)33-22-16-11-10-12-17-22)35(31(6,7)9-2)28(38)24(19-20-25(32)36)34-29(39)40-30(3,4)5/h1,13-15,18,22,24,26H,9-12,16-17,19-20H2,2-7H3,(H2,32,36)(H,33,37)(H,34,39). The maximum absolute atomic E-state index is 14.4. The monoisotopic (exact) mass is 554 g/mol. The van der Waals surface area contributed by atoms with Crippen LogP contribution in [0.5, 0.6) is 0 Å². The van der Waals surface area contributed by atoms with Crippen LogP contribution in [0.25, 0.3) is 0 Å². The van der Waals surface area contributed by atoms with Crippen molar-refractivity contribution in [1.29, 1.82) is 0 Å². The number of hydrogen-bond acceptors (Lipinski definition) is 5. The molecule has 2 atom stereocenters. The number of carbonyl (C=O) groups excluding carboxylic acids is 4. The zero-order valence-electron chi connectivity index (χ0n) is 24.8. The Kier molecular flexibility index (Phi) is 11.6. The average Bonchev–Trinajstić information content (AvgIpc) is 2.88. The summed E-state index contributed by atoms with van der Waals surface area (Å²) in [5.74, 6) is 1.17. The van der Waals surface area contributed by atoms with Crippen LogP contribution in [0.15, 0.2) is 24.3 Å². The summed E-state index contributed by atoms with van der Waals surface area (Å²) in [6.07, 6.45) is 10.2. The summed E-state index contributed by atoms with van der Waals surface area (Å²) in [4.78, 5) is 54.5. The van der Waals surface area contributed by atoms with Crippen molar-refractivity contribution >= 4 is 23.8 Å². The van der Waals surface area contributed by atoms with Gasteiger partial charge in [-0.1, -0.05) is 50.3 Å². The lowest BCUT2D eigenvalue weighted by Gasteiger charge is -2.45. The fraction of sp³-hybridized carbons (Fsp3) is 0.613. The lowest BCUT2D eigenvalue weighted by Crippen LogP contribution is -2.60. The van der Waals surface area contributed by atoms with E-state index in [0.717, 1.165) is 32.1 Å². The van der Waals surface area contributed by atoms with Gasteiger partial charge in [0.05, 0.1) is 0 Å².